The van der Waals surface area contributed by atoms with Gasteiger partial charge in [0.25, 0.3) is 0 Å². The van der Waals surface area contributed by atoms with Crippen molar-refractivity contribution in [3.8, 4) is 11.5 Å². The molecule has 112 valence electrons. The number of ether oxygens (including phenoxy) is 1. The summed E-state index contributed by atoms with van der Waals surface area (Å²) in [5.74, 6) is 1.53. The molecule has 0 aliphatic carbocycles. The predicted octanol–water partition coefficient (Wildman–Crippen LogP) is 2.45. The number of hydrogen-bond donors (Lipinski definition) is 3. The molecule has 0 fully saturated rings. The van der Waals surface area contributed by atoms with Crippen LogP contribution in [0.15, 0.2) is 54.6 Å². The summed E-state index contributed by atoms with van der Waals surface area (Å²) in [5, 5.41) is 13.2. The van der Waals surface area contributed by atoms with Crippen LogP contribution in [0.25, 0.3) is 0 Å². The van der Waals surface area contributed by atoms with Gasteiger partial charge in [0.1, 0.15) is 11.5 Å². The number of para-hydroxylation sites is 1. The largest absolute Gasteiger partial charge is 0.457 e. The van der Waals surface area contributed by atoms with Gasteiger partial charge in [-0.25, -0.2) is 0 Å². The Kier molecular flexibility index (Phi) is 5.75. The molecule has 2 rings (SSSR count). The van der Waals surface area contributed by atoms with Crippen LogP contribution in [0.1, 0.15) is 18.1 Å². The molecule has 0 aliphatic rings. The molecule has 21 heavy (non-hydrogen) atoms. The number of benzene rings is 2. The molecular weight excluding hydrogens is 264 g/mol. The Morgan fingerprint density at radius 2 is 1.67 bits per heavy atom. The highest BCUT2D eigenvalue weighted by atomic mass is 16.5. The monoisotopic (exact) mass is 286 g/mol. The molecule has 0 aliphatic heterocycles. The van der Waals surface area contributed by atoms with Crippen molar-refractivity contribution < 1.29 is 9.84 Å². The van der Waals surface area contributed by atoms with Gasteiger partial charge in [0.2, 0.25) is 0 Å². The Bertz CT molecular complexity index is 528. The van der Waals surface area contributed by atoms with E-state index in [0.717, 1.165) is 30.0 Å². The minimum atomic E-state index is -0.663. The summed E-state index contributed by atoms with van der Waals surface area (Å²) >= 11 is 0. The lowest BCUT2D eigenvalue weighted by Gasteiger charge is -2.19. The maximum atomic E-state index is 10.2. The third-order valence-corrected chi connectivity index (χ3v) is 3.33. The first-order valence-corrected chi connectivity index (χ1v) is 7.12. The fraction of sp³-hybridized carbons (Fsp3) is 0.294. The minimum Gasteiger partial charge on any atom is -0.457 e. The van der Waals surface area contributed by atoms with Gasteiger partial charge in [-0.05, 0) is 49.8 Å². The number of nitrogens with one attached hydrogen (secondary N) is 1. The maximum absolute atomic E-state index is 10.2. The summed E-state index contributed by atoms with van der Waals surface area (Å²) in [5.41, 5.74) is 6.78. The summed E-state index contributed by atoms with van der Waals surface area (Å²) in [6.45, 7) is 0.785. The van der Waals surface area contributed by atoms with E-state index >= 15 is 0 Å². The van der Waals surface area contributed by atoms with E-state index in [0.29, 0.717) is 0 Å². The number of aliphatic hydroxyl groups excluding tert-OH is 1. The molecule has 0 bridgehead atoms. The topological polar surface area (TPSA) is 67.5 Å². The second kappa shape index (κ2) is 7.78. The van der Waals surface area contributed by atoms with Gasteiger partial charge >= 0.3 is 0 Å². The van der Waals surface area contributed by atoms with Gasteiger partial charge in [-0.2, -0.15) is 0 Å². The first-order chi connectivity index (χ1) is 10.2. The van der Waals surface area contributed by atoms with Crippen molar-refractivity contribution in [2.75, 3.05) is 13.6 Å². The molecule has 2 unspecified atom stereocenters. The third kappa shape index (κ3) is 4.56. The average Bonchev–Trinajstić information content (AvgIpc) is 2.53. The van der Waals surface area contributed by atoms with E-state index in [1.807, 2.05) is 61.6 Å². The van der Waals surface area contributed by atoms with Crippen molar-refractivity contribution in [3.05, 3.63) is 60.2 Å². The highest BCUT2D eigenvalue weighted by Crippen LogP contribution is 2.24. The van der Waals surface area contributed by atoms with E-state index in [1.165, 1.54) is 0 Å². The van der Waals surface area contributed by atoms with Crippen molar-refractivity contribution in [1.29, 1.82) is 0 Å². The van der Waals surface area contributed by atoms with Crippen molar-refractivity contribution in [2.24, 2.45) is 5.73 Å². The van der Waals surface area contributed by atoms with Gasteiger partial charge in [-0.1, -0.05) is 30.3 Å². The molecule has 0 spiro atoms. The van der Waals surface area contributed by atoms with Crippen molar-refractivity contribution in [3.63, 3.8) is 0 Å². The van der Waals surface area contributed by atoms with Crippen LogP contribution in [-0.2, 0) is 0 Å². The summed E-state index contributed by atoms with van der Waals surface area (Å²) in [6, 6.07) is 16.7. The van der Waals surface area contributed by atoms with Crippen LogP contribution in [-0.4, -0.2) is 24.7 Å². The van der Waals surface area contributed by atoms with Gasteiger partial charge < -0.3 is 20.9 Å². The molecule has 0 amide bonds. The molecule has 0 saturated heterocycles. The number of aliphatic hydroxyl groups is 1. The molecule has 0 heterocycles. The van der Waals surface area contributed by atoms with Crippen LogP contribution in [0.3, 0.4) is 0 Å². The summed E-state index contributed by atoms with van der Waals surface area (Å²) in [4.78, 5) is 0. The molecule has 0 aromatic heterocycles. The fourth-order valence-corrected chi connectivity index (χ4v) is 2.07. The van der Waals surface area contributed by atoms with Crippen molar-refractivity contribution >= 4 is 0 Å². The fourth-order valence-electron chi connectivity index (χ4n) is 2.07. The van der Waals surface area contributed by atoms with Crippen LogP contribution >= 0.6 is 0 Å². The van der Waals surface area contributed by atoms with Gasteiger partial charge in [0.15, 0.2) is 0 Å². The van der Waals surface area contributed by atoms with E-state index in [2.05, 4.69) is 5.32 Å². The summed E-state index contributed by atoms with van der Waals surface area (Å²) in [7, 11) is 1.87. The molecule has 2 aromatic rings. The van der Waals surface area contributed by atoms with Crippen LogP contribution in [0.5, 0.6) is 11.5 Å². The Balaban J connectivity index is 1.98. The van der Waals surface area contributed by atoms with E-state index in [9.17, 15) is 5.11 Å². The first kappa shape index (κ1) is 15.5. The van der Waals surface area contributed by atoms with E-state index in [-0.39, 0.29) is 6.04 Å². The molecule has 2 atom stereocenters. The normalized spacial score (nSPS) is 13.7. The highest BCUT2D eigenvalue weighted by molar-refractivity contribution is 5.33. The molecule has 4 heteroatoms. The third-order valence-electron chi connectivity index (χ3n) is 3.33. The van der Waals surface area contributed by atoms with E-state index in [4.69, 9.17) is 10.5 Å². The quantitative estimate of drug-likeness (QED) is 0.731. The van der Waals surface area contributed by atoms with Gasteiger partial charge in [0.05, 0.1) is 6.10 Å². The van der Waals surface area contributed by atoms with Crippen LogP contribution in [0.2, 0.25) is 0 Å². The Hall–Kier alpha value is -1.88. The summed E-state index contributed by atoms with van der Waals surface area (Å²) < 4.78 is 5.72. The van der Waals surface area contributed by atoms with Crippen molar-refractivity contribution in [1.82, 2.24) is 5.32 Å². The molecule has 4 N–H and O–H groups in total. The predicted molar refractivity (Wildman–Crippen MR) is 84.4 cm³/mol. The number of rotatable bonds is 7. The lowest BCUT2D eigenvalue weighted by atomic mass is 10.0. The lowest BCUT2D eigenvalue weighted by molar-refractivity contribution is 0.142. The van der Waals surface area contributed by atoms with Crippen LogP contribution in [0.4, 0.5) is 0 Å². The summed E-state index contributed by atoms with van der Waals surface area (Å²) in [6.07, 6.45) is 0.0593. The Morgan fingerprint density at radius 3 is 2.29 bits per heavy atom. The second-order valence-corrected chi connectivity index (χ2v) is 4.99. The SMILES string of the molecule is CNCCC(N)C(O)c1ccc(Oc2ccccc2)cc1. The molecular formula is C17H22N2O2. The molecule has 0 radical (unpaired) electrons. The van der Waals surface area contributed by atoms with Gasteiger partial charge in [-0.15, -0.1) is 0 Å². The maximum Gasteiger partial charge on any atom is 0.127 e. The smallest absolute Gasteiger partial charge is 0.127 e. The van der Waals surface area contributed by atoms with Gasteiger partial charge in [0, 0.05) is 6.04 Å². The van der Waals surface area contributed by atoms with E-state index < -0.39 is 6.10 Å². The molecule has 0 saturated carbocycles. The second-order valence-electron chi connectivity index (χ2n) is 4.99. The lowest BCUT2D eigenvalue weighted by Crippen LogP contribution is -2.31. The van der Waals surface area contributed by atoms with Crippen LogP contribution < -0.4 is 15.8 Å². The highest BCUT2D eigenvalue weighted by Gasteiger charge is 2.16. The Labute approximate surface area is 125 Å². The molecule has 4 nitrogen and oxygen atoms in total. The number of nitrogens with two attached hydrogens (primary N) is 1. The Morgan fingerprint density at radius 1 is 1.05 bits per heavy atom. The van der Waals surface area contributed by atoms with E-state index in [1.54, 1.807) is 0 Å². The van der Waals surface area contributed by atoms with Crippen LogP contribution in [0, 0.1) is 0 Å². The zero-order valence-electron chi connectivity index (χ0n) is 12.2. The first-order valence-electron chi connectivity index (χ1n) is 7.12. The minimum absolute atomic E-state index is 0.279. The molecule has 2 aromatic carbocycles. The van der Waals surface area contributed by atoms with Crippen molar-refractivity contribution in [2.45, 2.75) is 18.6 Å². The zero-order chi connectivity index (χ0) is 15.1. The zero-order valence-corrected chi connectivity index (χ0v) is 12.2. The van der Waals surface area contributed by atoms with Gasteiger partial charge in [-0.3, -0.25) is 0 Å². The number of hydrogen-bond acceptors (Lipinski definition) is 4. The standard InChI is InChI=1S/C17H22N2O2/c1-19-12-11-16(18)17(20)13-7-9-15(10-8-13)21-14-5-3-2-4-6-14/h2-10,16-17,19-20H,11-12,18H2,1H3. The average molecular weight is 286 g/mol.